The van der Waals surface area contributed by atoms with E-state index in [0.29, 0.717) is 23.8 Å². The number of carbonyl (C=O) groups excluding carboxylic acids is 2. The summed E-state index contributed by atoms with van der Waals surface area (Å²) in [5, 5.41) is 4.64. The number of benzene rings is 3. The number of fused-ring (bicyclic) bond motifs is 1. The SMILES string of the molecule is CC(C)CCOc1ccc(C(=O)NNC(=S)NC(=O)/C=C/c2cccc3ccccc23)cc1. The number of hydrazine groups is 1. The minimum absolute atomic E-state index is 0.00967. The van der Waals surface area contributed by atoms with E-state index in [1.807, 2.05) is 42.5 Å². The summed E-state index contributed by atoms with van der Waals surface area (Å²) in [7, 11) is 0. The quantitative estimate of drug-likeness (QED) is 0.272. The van der Waals surface area contributed by atoms with Gasteiger partial charge in [0.05, 0.1) is 6.61 Å². The number of hydrogen-bond acceptors (Lipinski definition) is 4. The summed E-state index contributed by atoms with van der Waals surface area (Å²) in [4.78, 5) is 24.5. The monoisotopic (exact) mass is 461 g/mol. The summed E-state index contributed by atoms with van der Waals surface area (Å²) in [5.41, 5.74) is 6.36. The van der Waals surface area contributed by atoms with Crippen molar-refractivity contribution in [2.75, 3.05) is 6.61 Å². The number of hydrogen-bond donors (Lipinski definition) is 3. The number of ether oxygens (including phenoxy) is 1. The molecular weight excluding hydrogens is 434 g/mol. The molecule has 0 spiro atoms. The Kier molecular flexibility index (Phi) is 8.55. The van der Waals surface area contributed by atoms with Crippen molar-refractivity contribution >= 4 is 46.0 Å². The van der Waals surface area contributed by atoms with Crippen LogP contribution in [0.5, 0.6) is 5.75 Å². The third-order valence-corrected chi connectivity index (χ3v) is 5.05. The van der Waals surface area contributed by atoms with Crippen LogP contribution < -0.4 is 20.9 Å². The molecule has 33 heavy (non-hydrogen) atoms. The number of amides is 2. The predicted octanol–water partition coefficient (Wildman–Crippen LogP) is 4.61. The van der Waals surface area contributed by atoms with E-state index in [0.717, 1.165) is 22.8 Å². The zero-order valence-corrected chi connectivity index (χ0v) is 19.4. The molecule has 3 rings (SSSR count). The van der Waals surface area contributed by atoms with Crippen molar-refractivity contribution in [3.05, 3.63) is 83.9 Å². The van der Waals surface area contributed by atoms with Gasteiger partial charge in [0.25, 0.3) is 5.91 Å². The van der Waals surface area contributed by atoms with Gasteiger partial charge in [-0.25, -0.2) is 0 Å². The molecule has 0 aliphatic rings. The molecule has 0 aliphatic heterocycles. The van der Waals surface area contributed by atoms with Crippen molar-refractivity contribution in [3.8, 4) is 5.75 Å². The Balaban J connectivity index is 1.46. The van der Waals surface area contributed by atoms with Gasteiger partial charge in [-0.1, -0.05) is 56.3 Å². The van der Waals surface area contributed by atoms with Crippen LogP contribution in [0.3, 0.4) is 0 Å². The van der Waals surface area contributed by atoms with Crippen LogP contribution >= 0.6 is 12.2 Å². The lowest BCUT2D eigenvalue weighted by Gasteiger charge is -2.11. The normalized spacial score (nSPS) is 10.9. The Bertz CT molecular complexity index is 1150. The average Bonchev–Trinajstić information content (AvgIpc) is 2.81. The van der Waals surface area contributed by atoms with Crippen molar-refractivity contribution in [2.45, 2.75) is 20.3 Å². The van der Waals surface area contributed by atoms with E-state index in [-0.39, 0.29) is 11.0 Å². The minimum Gasteiger partial charge on any atom is -0.494 e. The Morgan fingerprint density at radius 2 is 1.70 bits per heavy atom. The van der Waals surface area contributed by atoms with Gasteiger partial charge in [0.1, 0.15) is 5.75 Å². The van der Waals surface area contributed by atoms with Gasteiger partial charge in [-0.3, -0.25) is 25.8 Å². The van der Waals surface area contributed by atoms with E-state index in [4.69, 9.17) is 17.0 Å². The molecule has 2 amide bonds. The van der Waals surface area contributed by atoms with Crippen molar-refractivity contribution in [3.63, 3.8) is 0 Å². The maximum Gasteiger partial charge on any atom is 0.269 e. The van der Waals surface area contributed by atoms with Gasteiger partial charge in [-0.15, -0.1) is 0 Å². The second-order valence-corrected chi connectivity index (χ2v) is 8.26. The van der Waals surface area contributed by atoms with Crippen LogP contribution in [-0.2, 0) is 4.79 Å². The van der Waals surface area contributed by atoms with Crippen LogP contribution in [0.1, 0.15) is 36.2 Å². The first-order chi connectivity index (χ1) is 15.9. The van der Waals surface area contributed by atoms with Gasteiger partial charge < -0.3 is 4.74 Å². The third-order valence-electron chi connectivity index (χ3n) is 4.84. The molecule has 0 aromatic heterocycles. The molecule has 0 atom stereocenters. The summed E-state index contributed by atoms with van der Waals surface area (Å²) >= 11 is 5.08. The summed E-state index contributed by atoms with van der Waals surface area (Å²) in [6, 6.07) is 20.6. The van der Waals surface area contributed by atoms with Gasteiger partial charge >= 0.3 is 0 Å². The van der Waals surface area contributed by atoms with Crippen LogP contribution in [0, 0.1) is 5.92 Å². The number of nitrogens with one attached hydrogen (secondary N) is 3. The van der Waals surface area contributed by atoms with Crippen molar-refractivity contribution in [2.24, 2.45) is 5.92 Å². The van der Waals surface area contributed by atoms with Crippen molar-refractivity contribution < 1.29 is 14.3 Å². The fourth-order valence-corrected chi connectivity index (χ4v) is 3.20. The van der Waals surface area contributed by atoms with E-state index in [9.17, 15) is 9.59 Å². The predicted molar refractivity (Wildman–Crippen MR) is 136 cm³/mol. The molecule has 3 N–H and O–H groups in total. The fraction of sp³-hybridized carbons (Fsp3) is 0.192. The lowest BCUT2D eigenvalue weighted by molar-refractivity contribution is -0.115. The molecule has 0 fully saturated rings. The topological polar surface area (TPSA) is 79.5 Å². The van der Waals surface area contributed by atoms with Gasteiger partial charge in [0.15, 0.2) is 5.11 Å². The molecule has 0 aliphatic carbocycles. The van der Waals surface area contributed by atoms with Crippen LogP contribution in [-0.4, -0.2) is 23.5 Å². The van der Waals surface area contributed by atoms with E-state index in [1.54, 1.807) is 30.3 Å². The molecular formula is C26H27N3O3S. The van der Waals surface area contributed by atoms with Crippen LogP contribution in [0.2, 0.25) is 0 Å². The van der Waals surface area contributed by atoms with Gasteiger partial charge in [0.2, 0.25) is 5.91 Å². The van der Waals surface area contributed by atoms with E-state index < -0.39 is 5.91 Å². The highest BCUT2D eigenvalue weighted by Crippen LogP contribution is 2.19. The minimum atomic E-state index is -0.405. The molecule has 0 bridgehead atoms. The van der Waals surface area contributed by atoms with Crippen LogP contribution in [0.25, 0.3) is 16.8 Å². The lowest BCUT2D eigenvalue weighted by Crippen LogP contribution is -2.48. The third kappa shape index (κ3) is 7.43. The standard InChI is InChI=1S/C26H27N3O3S/c1-18(2)16-17-32-22-13-10-21(11-14-22)25(31)28-29-26(33)27-24(30)15-12-20-8-5-7-19-6-3-4-9-23(19)20/h3-15,18H,16-17H2,1-2H3,(H,28,31)(H2,27,29,30,33)/b15-12+. The largest absolute Gasteiger partial charge is 0.494 e. The molecule has 0 saturated heterocycles. The first kappa shape index (κ1) is 23.9. The van der Waals surface area contributed by atoms with E-state index in [1.165, 1.54) is 6.08 Å². The summed E-state index contributed by atoms with van der Waals surface area (Å²) in [5.74, 6) is 0.490. The number of thiocarbonyl (C=S) groups is 1. The lowest BCUT2D eigenvalue weighted by atomic mass is 10.0. The first-order valence-corrected chi connectivity index (χ1v) is 11.1. The van der Waals surface area contributed by atoms with Gasteiger partial charge in [-0.2, -0.15) is 0 Å². The molecule has 0 saturated carbocycles. The van der Waals surface area contributed by atoms with E-state index in [2.05, 4.69) is 30.0 Å². The zero-order chi connectivity index (χ0) is 23.6. The molecule has 170 valence electrons. The highest BCUT2D eigenvalue weighted by atomic mass is 32.1. The molecule has 3 aromatic carbocycles. The van der Waals surface area contributed by atoms with Crippen LogP contribution in [0.4, 0.5) is 0 Å². The molecule has 7 heteroatoms. The average molecular weight is 462 g/mol. The maximum absolute atomic E-state index is 12.3. The summed E-state index contributed by atoms with van der Waals surface area (Å²) in [6.45, 7) is 4.91. The smallest absolute Gasteiger partial charge is 0.269 e. The Morgan fingerprint density at radius 3 is 2.45 bits per heavy atom. The second kappa shape index (κ2) is 11.8. The fourth-order valence-electron chi connectivity index (χ4n) is 3.05. The van der Waals surface area contributed by atoms with Crippen molar-refractivity contribution in [1.82, 2.24) is 16.2 Å². The Hall–Kier alpha value is -3.71. The maximum atomic E-state index is 12.3. The Morgan fingerprint density at radius 1 is 0.970 bits per heavy atom. The highest BCUT2D eigenvalue weighted by molar-refractivity contribution is 7.80. The first-order valence-electron chi connectivity index (χ1n) is 10.7. The highest BCUT2D eigenvalue weighted by Gasteiger charge is 2.07. The van der Waals surface area contributed by atoms with Crippen LogP contribution in [0.15, 0.2) is 72.8 Å². The van der Waals surface area contributed by atoms with Gasteiger partial charge in [-0.05, 0) is 71.2 Å². The molecule has 0 unspecified atom stereocenters. The molecule has 0 heterocycles. The van der Waals surface area contributed by atoms with Crippen molar-refractivity contribution in [1.29, 1.82) is 0 Å². The summed E-state index contributed by atoms with van der Waals surface area (Å²) in [6.07, 6.45) is 4.09. The van der Waals surface area contributed by atoms with E-state index >= 15 is 0 Å². The zero-order valence-electron chi connectivity index (χ0n) is 18.6. The van der Waals surface area contributed by atoms with Gasteiger partial charge in [0, 0.05) is 11.6 Å². The molecule has 3 aromatic rings. The number of rotatable bonds is 7. The number of carbonyl (C=O) groups is 2. The molecule has 6 nitrogen and oxygen atoms in total. The second-order valence-electron chi connectivity index (χ2n) is 7.85. The molecule has 0 radical (unpaired) electrons. The summed E-state index contributed by atoms with van der Waals surface area (Å²) < 4.78 is 5.65. The Labute approximate surface area is 199 Å².